The Kier molecular flexibility index (Phi) is 4.34. The van der Waals surface area contributed by atoms with E-state index >= 15 is 0 Å². The Balaban J connectivity index is 1.89. The smallest absolute Gasteiger partial charge is 0.0953 e. The van der Waals surface area contributed by atoms with Gasteiger partial charge in [0.1, 0.15) is 0 Å². The van der Waals surface area contributed by atoms with E-state index in [9.17, 15) is 0 Å². The zero-order chi connectivity index (χ0) is 12.1. The highest BCUT2D eigenvalue weighted by molar-refractivity contribution is 7.11. The number of aromatic nitrogens is 2. The monoisotopic (exact) mass is 249 g/mol. The number of rotatable bonds is 6. The van der Waals surface area contributed by atoms with Crippen molar-refractivity contribution >= 4 is 11.3 Å². The quantitative estimate of drug-likeness (QED) is 0.798. The van der Waals surface area contributed by atoms with Gasteiger partial charge in [-0.1, -0.05) is 6.92 Å². The summed E-state index contributed by atoms with van der Waals surface area (Å²) in [4.78, 5) is 7.14. The van der Waals surface area contributed by atoms with E-state index in [1.165, 1.54) is 9.75 Å². The zero-order valence-corrected chi connectivity index (χ0v) is 11.3. The van der Waals surface area contributed by atoms with Crippen molar-refractivity contribution < 1.29 is 0 Å². The van der Waals surface area contributed by atoms with Crippen molar-refractivity contribution in [1.29, 1.82) is 0 Å². The van der Waals surface area contributed by atoms with Crippen LogP contribution in [0.3, 0.4) is 0 Å². The van der Waals surface area contributed by atoms with Crippen molar-refractivity contribution in [3.63, 3.8) is 0 Å². The Morgan fingerprint density at radius 2 is 2.29 bits per heavy atom. The molecule has 4 heteroatoms. The molecule has 0 fully saturated rings. The van der Waals surface area contributed by atoms with Gasteiger partial charge in [0, 0.05) is 22.5 Å². The number of imidazole rings is 1. The number of nitrogens with zero attached hydrogens (tertiary/aromatic N) is 2. The second-order valence-electron chi connectivity index (χ2n) is 4.23. The number of hydrogen-bond donors (Lipinski definition) is 1. The lowest BCUT2D eigenvalue weighted by Crippen LogP contribution is -2.13. The van der Waals surface area contributed by atoms with Crippen molar-refractivity contribution in [3.05, 3.63) is 40.1 Å². The number of aryl methyl sites for hydroxylation is 1. The average Bonchev–Trinajstić information content (AvgIpc) is 2.90. The molecule has 0 spiro atoms. The Morgan fingerprint density at radius 1 is 1.41 bits per heavy atom. The van der Waals surface area contributed by atoms with Crippen LogP contribution in [-0.4, -0.2) is 16.1 Å². The minimum absolute atomic E-state index is 0.865. The third kappa shape index (κ3) is 3.68. The minimum Gasteiger partial charge on any atom is -0.332 e. The highest BCUT2D eigenvalue weighted by Crippen LogP contribution is 2.16. The first kappa shape index (κ1) is 12.3. The predicted molar refractivity (Wildman–Crippen MR) is 72.4 cm³/mol. The van der Waals surface area contributed by atoms with Crippen LogP contribution in [0.5, 0.6) is 0 Å². The summed E-state index contributed by atoms with van der Waals surface area (Å²) in [7, 11) is 0. The molecular formula is C13H19N3S. The molecule has 0 bridgehead atoms. The van der Waals surface area contributed by atoms with Crippen LogP contribution in [0.1, 0.15) is 28.8 Å². The van der Waals surface area contributed by atoms with Crippen LogP contribution in [0.2, 0.25) is 0 Å². The number of hydrogen-bond acceptors (Lipinski definition) is 3. The van der Waals surface area contributed by atoms with Crippen LogP contribution in [0.4, 0.5) is 0 Å². The van der Waals surface area contributed by atoms with E-state index in [1.807, 2.05) is 17.7 Å². The van der Waals surface area contributed by atoms with Gasteiger partial charge in [0.15, 0.2) is 0 Å². The van der Waals surface area contributed by atoms with Crippen molar-refractivity contribution in [2.24, 2.45) is 0 Å². The summed E-state index contributed by atoms with van der Waals surface area (Å²) in [5, 5.41) is 3.36. The molecule has 0 aliphatic carbocycles. The third-order valence-electron chi connectivity index (χ3n) is 2.55. The lowest BCUT2D eigenvalue weighted by Gasteiger charge is -1.99. The van der Waals surface area contributed by atoms with E-state index in [0.717, 1.165) is 31.7 Å². The van der Waals surface area contributed by atoms with Gasteiger partial charge in [-0.25, -0.2) is 4.98 Å². The first-order valence-electron chi connectivity index (χ1n) is 6.04. The normalized spacial score (nSPS) is 10.9. The maximum atomic E-state index is 4.40. The Hall–Kier alpha value is -1.13. The van der Waals surface area contributed by atoms with Crippen molar-refractivity contribution in [3.8, 4) is 0 Å². The van der Waals surface area contributed by atoms with E-state index in [2.05, 4.69) is 47.0 Å². The Morgan fingerprint density at radius 3 is 3.00 bits per heavy atom. The van der Waals surface area contributed by atoms with Gasteiger partial charge < -0.3 is 9.88 Å². The molecule has 0 amide bonds. The van der Waals surface area contributed by atoms with E-state index in [-0.39, 0.29) is 0 Å². The minimum atomic E-state index is 0.865. The van der Waals surface area contributed by atoms with E-state index in [0.29, 0.717) is 0 Å². The summed E-state index contributed by atoms with van der Waals surface area (Å²) in [5.74, 6) is 0. The summed E-state index contributed by atoms with van der Waals surface area (Å²) in [6.45, 7) is 7.16. The Bertz CT molecular complexity index is 459. The maximum Gasteiger partial charge on any atom is 0.0953 e. The fraction of sp³-hybridized carbons (Fsp3) is 0.462. The lowest BCUT2D eigenvalue weighted by molar-refractivity contribution is 0.665. The molecule has 2 rings (SSSR count). The zero-order valence-electron chi connectivity index (χ0n) is 10.4. The topological polar surface area (TPSA) is 29.9 Å². The average molecular weight is 249 g/mol. The van der Waals surface area contributed by atoms with Crippen LogP contribution >= 0.6 is 11.3 Å². The van der Waals surface area contributed by atoms with Crippen LogP contribution in [-0.2, 0) is 13.1 Å². The molecule has 92 valence electrons. The second kappa shape index (κ2) is 5.98. The second-order valence-corrected chi connectivity index (χ2v) is 5.60. The fourth-order valence-electron chi connectivity index (χ4n) is 1.73. The maximum absolute atomic E-state index is 4.40. The van der Waals surface area contributed by atoms with Crippen molar-refractivity contribution in [1.82, 2.24) is 14.9 Å². The molecular weight excluding hydrogens is 230 g/mol. The Labute approximate surface area is 107 Å². The van der Waals surface area contributed by atoms with Gasteiger partial charge in [-0.15, -0.1) is 11.3 Å². The molecule has 3 nitrogen and oxygen atoms in total. The third-order valence-corrected chi connectivity index (χ3v) is 3.54. The molecule has 0 radical (unpaired) electrons. The van der Waals surface area contributed by atoms with Gasteiger partial charge in [0.25, 0.3) is 0 Å². The van der Waals surface area contributed by atoms with Gasteiger partial charge >= 0.3 is 0 Å². The molecule has 0 atom stereocenters. The van der Waals surface area contributed by atoms with Crippen molar-refractivity contribution in [2.45, 2.75) is 33.4 Å². The van der Waals surface area contributed by atoms with Crippen LogP contribution in [0.15, 0.2) is 24.7 Å². The predicted octanol–water partition coefficient (Wildman–Crippen LogP) is 2.80. The molecule has 0 aromatic carbocycles. The molecule has 2 aromatic rings. The molecule has 0 aliphatic rings. The number of thiophene rings is 1. The molecule has 2 aromatic heterocycles. The van der Waals surface area contributed by atoms with E-state index in [4.69, 9.17) is 0 Å². The molecule has 17 heavy (non-hydrogen) atoms. The molecule has 1 N–H and O–H groups in total. The summed E-state index contributed by atoms with van der Waals surface area (Å²) in [6, 6.07) is 4.36. The van der Waals surface area contributed by atoms with Crippen LogP contribution in [0.25, 0.3) is 0 Å². The fourth-order valence-corrected chi connectivity index (χ4v) is 2.63. The van der Waals surface area contributed by atoms with Gasteiger partial charge in [-0.2, -0.15) is 0 Å². The van der Waals surface area contributed by atoms with Gasteiger partial charge in [-0.05, 0) is 32.0 Å². The lowest BCUT2D eigenvalue weighted by atomic mass is 10.4. The molecule has 0 saturated carbocycles. The SMILES string of the molecule is CCCNCc1cn(Cc2ccc(C)s2)cn1. The molecule has 0 unspecified atom stereocenters. The van der Waals surface area contributed by atoms with Gasteiger partial charge in [0.2, 0.25) is 0 Å². The number of nitrogens with one attached hydrogen (secondary N) is 1. The van der Waals surface area contributed by atoms with Crippen LogP contribution in [0, 0.1) is 6.92 Å². The van der Waals surface area contributed by atoms with E-state index in [1.54, 1.807) is 0 Å². The van der Waals surface area contributed by atoms with E-state index < -0.39 is 0 Å². The molecule has 0 aliphatic heterocycles. The molecule has 2 heterocycles. The van der Waals surface area contributed by atoms with Crippen LogP contribution < -0.4 is 5.32 Å². The summed E-state index contributed by atoms with van der Waals surface area (Å²) in [5.41, 5.74) is 1.12. The van der Waals surface area contributed by atoms with Gasteiger partial charge in [-0.3, -0.25) is 0 Å². The largest absolute Gasteiger partial charge is 0.332 e. The first-order chi connectivity index (χ1) is 8.28. The van der Waals surface area contributed by atoms with Crippen molar-refractivity contribution in [2.75, 3.05) is 6.54 Å². The summed E-state index contributed by atoms with van der Waals surface area (Å²) < 4.78 is 2.15. The molecule has 0 saturated heterocycles. The highest BCUT2D eigenvalue weighted by Gasteiger charge is 2.01. The standard InChI is InChI=1S/C13H19N3S/c1-3-6-14-7-12-8-16(10-15-12)9-13-5-4-11(2)17-13/h4-5,8,10,14H,3,6-7,9H2,1-2H3. The first-order valence-corrected chi connectivity index (χ1v) is 6.86. The summed E-state index contributed by atoms with van der Waals surface area (Å²) in [6.07, 6.45) is 5.20. The summed E-state index contributed by atoms with van der Waals surface area (Å²) >= 11 is 1.85. The van der Waals surface area contributed by atoms with Gasteiger partial charge in [0.05, 0.1) is 18.6 Å². The highest BCUT2D eigenvalue weighted by atomic mass is 32.1.